The van der Waals surface area contributed by atoms with Gasteiger partial charge in [0.1, 0.15) is 0 Å². The lowest BCUT2D eigenvalue weighted by atomic mass is 9.99. The Kier molecular flexibility index (Phi) is 4.30. The lowest BCUT2D eigenvalue weighted by Crippen LogP contribution is -2.37. The molecule has 0 radical (unpaired) electrons. The van der Waals surface area contributed by atoms with Crippen LogP contribution in [0.5, 0.6) is 0 Å². The molecule has 0 spiro atoms. The molecule has 1 unspecified atom stereocenters. The molecule has 1 aromatic rings. The number of benzene rings is 1. The van der Waals surface area contributed by atoms with Crippen LogP contribution in [0, 0.1) is 12.8 Å². The van der Waals surface area contributed by atoms with Crippen LogP contribution in [0.1, 0.15) is 18.4 Å². The normalized spacial score (nSPS) is 20.3. The van der Waals surface area contributed by atoms with Crippen molar-refractivity contribution in [2.45, 2.75) is 19.8 Å². The molecule has 94 valence electrons. The topological polar surface area (TPSA) is 15.3 Å². The van der Waals surface area contributed by atoms with Crippen molar-refractivity contribution < 1.29 is 0 Å². The van der Waals surface area contributed by atoms with Gasteiger partial charge in [-0.2, -0.15) is 0 Å². The Morgan fingerprint density at radius 1 is 1.47 bits per heavy atom. The van der Waals surface area contributed by atoms with E-state index in [0.717, 1.165) is 24.0 Å². The minimum absolute atomic E-state index is 0.757. The zero-order valence-corrected chi connectivity index (χ0v) is 11.4. The summed E-state index contributed by atoms with van der Waals surface area (Å²) in [6.45, 7) is 5.52. The van der Waals surface area contributed by atoms with Crippen molar-refractivity contribution in [2.75, 3.05) is 31.6 Å². The summed E-state index contributed by atoms with van der Waals surface area (Å²) in [7, 11) is 2.16. The molecule has 1 aliphatic rings. The number of rotatable bonds is 3. The lowest BCUT2D eigenvalue weighted by Gasteiger charge is -2.30. The van der Waals surface area contributed by atoms with E-state index in [0.29, 0.717) is 0 Å². The molecule has 1 fully saturated rings. The summed E-state index contributed by atoms with van der Waals surface area (Å²) in [5.41, 5.74) is 2.43. The van der Waals surface area contributed by atoms with E-state index in [2.05, 4.69) is 30.3 Å². The molecular weight excluding hydrogens is 232 g/mol. The molecule has 1 atom stereocenters. The largest absolute Gasteiger partial charge is 0.374 e. The molecule has 2 rings (SSSR count). The first-order chi connectivity index (χ1) is 8.18. The van der Waals surface area contributed by atoms with E-state index >= 15 is 0 Å². The highest BCUT2D eigenvalue weighted by Crippen LogP contribution is 2.26. The van der Waals surface area contributed by atoms with Crippen molar-refractivity contribution in [1.29, 1.82) is 0 Å². The van der Waals surface area contributed by atoms with Gasteiger partial charge in [0.15, 0.2) is 0 Å². The second-order valence-corrected chi connectivity index (χ2v) is 5.38. The summed E-state index contributed by atoms with van der Waals surface area (Å²) < 4.78 is 0. The third-order valence-electron chi connectivity index (χ3n) is 3.58. The summed E-state index contributed by atoms with van der Waals surface area (Å²) in [5, 5.41) is 4.32. The molecule has 1 aliphatic heterocycles. The summed E-state index contributed by atoms with van der Waals surface area (Å²) in [5.74, 6) is 0.757. The maximum Gasteiger partial charge on any atom is 0.0455 e. The number of hydrogen-bond acceptors (Lipinski definition) is 2. The van der Waals surface area contributed by atoms with Crippen LogP contribution in [0.3, 0.4) is 0 Å². The first kappa shape index (κ1) is 12.7. The SMILES string of the molecule is Cc1c(Cl)cccc1N(C)CC1CCCNC1. The Hall–Kier alpha value is -0.730. The number of nitrogens with one attached hydrogen (secondary N) is 1. The van der Waals surface area contributed by atoms with Crippen LogP contribution in [0.25, 0.3) is 0 Å². The highest BCUT2D eigenvalue weighted by Gasteiger charge is 2.16. The van der Waals surface area contributed by atoms with Gasteiger partial charge in [-0.15, -0.1) is 0 Å². The van der Waals surface area contributed by atoms with E-state index in [1.165, 1.54) is 30.6 Å². The number of anilines is 1. The average Bonchev–Trinajstić information content (AvgIpc) is 2.34. The molecule has 1 heterocycles. The monoisotopic (exact) mass is 252 g/mol. The third kappa shape index (κ3) is 3.14. The third-order valence-corrected chi connectivity index (χ3v) is 3.99. The summed E-state index contributed by atoms with van der Waals surface area (Å²) in [6, 6.07) is 6.13. The molecule has 2 nitrogen and oxygen atoms in total. The van der Waals surface area contributed by atoms with Gasteiger partial charge in [-0.25, -0.2) is 0 Å². The smallest absolute Gasteiger partial charge is 0.0455 e. The van der Waals surface area contributed by atoms with E-state index in [-0.39, 0.29) is 0 Å². The van der Waals surface area contributed by atoms with Crippen molar-refractivity contribution in [2.24, 2.45) is 5.92 Å². The van der Waals surface area contributed by atoms with E-state index in [1.54, 1.807) is 0 Å². The molecule has 0 aliphatic carbocycles. The van der Waals surface area contributed by atoms with Gasteiger partial charge in [-0.1, -0.05) is 17.7 Å². The fraction of sp³-hybridized carbons (Fsp3) is 0.571. The second kappa shape index (κ2) is 5.74. The fourth-order valence-electron chi connectivity index (χ4n) is 2.58. The van der Waals surface area contributed by atoms with Crippen LogP contribution in [0.2, 0.25) is 5.02 Å². The molecular formula is C14H21ClN2. The van der Waals surface area contributed by atoms with Crippen LogP contribution in [-0.4, -0.2) is 26.7 Å². The van der Waals surface area contributed by atoms with E-state index in [9.17, 15) is 0 Å². The van der Waals surface area contributed by atoms with Crippen LogP contribution in [0.4, 0.5) is 5.69 Å². The molecule has 0 saturated carbocycles. The highest BCUT2D eigenvalue weighted by atomic mass is 35.5. The summed E-state index contributed by atoms with van der Waals surface area (Å²) in [4.78, 5) is 2.33. The predicted molar refractivity (Wildman–Crippen MR) is 75.1 cm³/mol. The number of nitrogens with zero attached hydrogens (tertiary/aromatic N) is 1. The quantitative estimate of drug-likeness (QED) is 0.890. The van der Waals surface area contributed by atoms with Crippen molar-refractivity contribution in [3.05, 3.63) is 28.8 Å². The molecule has 1 saturated heterocycles. The van der Waals surface area contributed by atoms with Crippen LogP contribution < -0.4 is 10.2 Å². The Labute approximate surface area is 109 Å². The van der Waals surface area contributed by atoms with Gasteiger partial charge in [0.05, 0.1) is 0 Å². The minimum atomic E-state index is 0.757. The molecule has 0 amide bonds. The highest BCUT2D eigenvalue weighted by molar-refractivity contribution is 6.31. The zero-order valence-electron chi connectivity index (χ0n) is 10.7. The minimum Gasteiger partial charge on any atom is -0.374 e. The van der Waals surface area contributed by atoms with Gasteiger partial charge in [0.2, 0.25) is 0 Å². The van der Waals surface area contributed by atoms with Gasteiger partial charge in [-0.3, -0.25) is 0 Å². The Morgan fingerprint density at radius 2 is 2.29 bits per heavy atom. The standard InChI is InChI=1S/C14H21ClN2/c1-11-13(15)6-3-7-14(11)17(2)10-12-5-4-8-16-9-12/h3,6-7,12,16H,4-5,8-10H2,1-2H3. The Morgan fingerprint density at radius 3 is 3.00 bits per heavy atom. The van der Waals surface area contributed by atoms with Gasteiger partial charge >= 0.3 is 0 Å². The molecule has 0 bridgehead atoms. The number of halogens is 1. The van der Waals surface area contributed by atoms with Gasteiger partial charge in [0.25, 0.3) is 0 Å². The van der Waals surface area contributed by atoms with E-state index in [1.807, 2.05) is 12.1 Å². The zero-order chi connectivity index (χ0) is 12.3. The Bertz CT molecular complexity index is 372. The van der Waals surface area contributed by atoms with Crippen molar-refractivity contribution in [3.8, 4) is 0 Å². The summed E-state index contributed by atoms with van der Waals surface area (Å²) in [6.07, 6.45) is 2.63. The van der Waals surface area contributed by atoms with Crippen LogP contribution in [0.15, 0.2) is 18.2 Å². The van der Waals surface area contributed by atoms with Gasteiger partial charge in [-0.05, 0) is 56.5 Å². The first-order valence-electron chi connectivity index (χ1n) is 6.35. The van der Waals surface area contributed by atoms with Crippen molar-refractivity contribution in [1.82, 2.24) is 5.32 Å². The predicted octanol–water partition coefficient (Wildman–Crippen LogP) is 3.08. The molecule has 1 aromatic carbocycles. The number of hydrogen-bond donors (Lipinski definition) is 1. The van der Waals surface area contributed by atoms with Gasteiger partial charge in [0, 0.05) is 24.3 Å². The van der Waals surface area contributed by atoms with Crippen LogP contribution >= 0.6 is 11.6 Å². The maximum absolute atomic E-state index is 6.16. The van der Waals surface area contributed by atoms with Crippen molar-refractivity contribution >= 4 is 17.3 Å². The maximum atomic E-state index is 6.16. The fourth-order valence-corrected chi connectivity index (χ4v) is 2.74. The van der Waals surface area contributed by atoms with E-state index < -0.39 is 0 Å². The van der Waals surface area contributed by atoms with Gasteiger partial charge < -0.3 is 10.2 Å². The molecule has 17 heavy (non-hydrogen) atoms. The lowest BCUT2D eigenvalue weighted by molar-refractivity contribution is 0.381. The molecule has 0 aromatic heterocycles. The molecule has 1 N–H and O–H groups in total. The average molecular weight is 253 g/mol. The Balaban J connectivity index is 2.03. The first-order valence-corrected chi connectivity index (χ1v) is 6.73. The van der Waals surface area contributed by atoms with Crippen molar-refractivity contribution in [3.63, 3.8) is 0 Å². The number of piperidine rings is 1. The second-order valence-electron chi connectivity index (χ2n) is 4.98. The summed E-state index contributed by atoms with van der Waals surface area (Å²) >= 11 is 6.16. The molecule has 3 heteroatoms. The van der Waals surface area contributed by atoms with E-state index in [4.69, 9.17) is 11.6 Å². The van der Waals surface area contributed by atoms with Crippen LogP contribution in [-0.2, 0) is 0 Å².